The van der Waals surface area contributed by atoms with E-state index in [1.807, 2.05) is 101 Å². The van der Waals surface area contributed by atoms with E-state index in [1.165, 1.54) is 7.14 Å². The van der Waals surface area contributed by atoms with Gasteiger partial charge in [-0.15, -0.1) is 10.9 Å². The summed E-state index contributed by atoms with van der Waals surface area (Å²) >= 11 is 4.61. The number of benzene rings is 2. The largest absolute Gasteiger partial charge is 2.00 e. The van der Waals surface area contributed by atoms with Crippen LogP contribution in [-0.2, 0) is 17.1 Å². The van der Waals surface area contributed by atoms with Gasteiger partial charge in [-0.2, -0.15) is 0 Å². The number of aromatic nitrogens is 12. The van der Waals surface area contributed by atoms with Gasteiger partial charge in [0.2, 0.25) is 0 Å². The van der Waals surface area contributed by atoms with Crippen molar-refractivity contribution in [3.05, 3.63) is 166 Å². The van der Waals surface area contributed by atoms with Crippen LogP contribution >= 0.6 is 45.2 Å². The molecular weight excluding hydrogens is 860 g/mol. The number of hydrogen-bond donors (Lipinski definition) is 0. The summed E-state index contributed by atoms with van der Waals surface area (Å²) in [5.41, 5.74) is 2.14. The Kier molecular flexibility index (Phi) is 9.95. The van der Waals surface area contributed by atoms with E-state index in [0.717, 1.165) is 10.9 Å². The normalized spacial score (nSPS) is 11.4. The number of hydrogen-bond acceptors (Lipinski definition) is 6. The molecule has 6 heterocycles. The fourth-order valence-corrected chi connectivity index (χ4v) is 6.77. The van der Waals surface area contributed by atoms with Crippen molar-refractivity contribution >= 4 is 69.2 Å². The van der Waals surface area contributed by atoms with E-state index < -0.39 is 13.1 Å². The summed E-state index contributed by atoms with van der Waals surface area (Å²) in [6.45, 7) is -3.39. The van der Waals surface area contributed by atoms with Crippen LogP contribution in [0.5, 0.6) is 0 Å². The SMILES string of the molecule is Ic1ccc([B-](n2cccn2)(n2cccn2)n2cccn2)cc1.Ic1ccc([B-](n2cccn2)(n2cccn2)n2cccn2)cc1.[Fe+2]. The van der Waals surface area contributed by atoms with Crippen molar-refractivity contribution in [1.29, 1.82) is 0 Å². The predicted molar refractivity (Wildman–Crippen MR) is 195 cm³/mol. The molecule has 0 saturated heterocycles. The average molecular weight is 886 g/mol. The van der Waals surface area contributed by atoms with E-state index in [-0.39, 0.29) is 17.1 Å². The minimum atomic E-state index is -1.70. The summed E-state index contributed by atoms with van der Waals surface area (Å²) in [6.07, 6.45) is 22.3. The Balaban J connectivity index is 0.000000161. The molecule has 0 amide bonds. The van der Waals surface area contributed by atoms with Crippen molar-refractivity contribution in [2.24, 2.45) is 0 Å². The maximum Gasteiger partial charge on any atom is 2.00 e. The minimum Gasteiger partial charge on any atom is -0.396 e. The summed E-state index contributed by atoms with van der Waals surface area (Å²) in [6, 6.07) is 28.2. The molecular formula is C30H26B2FeI2N12. The van der Waals surface area contributed by atoms with Gasteiger partial charge in [0.25, 0.3) is 0 Å². The van der Waals surface area contributed by atoms with Crippen molar-refractivity contribution < 1.29 is 17.1 Å². The predicted octanol–water partition coefficient (Wildman–Crippen LogP) is 3.34. The van der Waals surface area contributed by atoms with Crippen molar-refractivity contribution in [2.75, 3.05) is 0 Å². The second kappa shape index (κ2) is 14.3. The maximum absolute atomic E-state index is 4.52. The first-order valence-corrected chi connectivity index (χ1v) is 16.6. The third kappa shape index (κ3) is 5.92. The number of nitrogens with zero attached hydrogens (tertiary/aromatic N) is 12. The third-order valence-electron chi connectivity index (χ3n) is 8.00. The van der Waals surface area contributed by atoms with Crippen LogP contribution in [0.15, 0.2) is 159 Å². The smallest absolute Gasteiger partial charge is 0.396 e. The van der Waals surface area contributed by atoms with E-state index >= 15 is 0 Å². The molecule has 234 valence electrons. The molecule has 0 radical (unpaired) electrons. The molecule has 8 aromatic rings. The van der Waals surface area contributed by atoms with Crippen LogP contribution in [0.25, 0.3) is 0 Å². The summed E-state index contributed by atoms with van der Waals surface area (Å²) in [5, 5.41) is 27.1. The Morgan fingerprint density at radius 2 is 0.574 bits per heavy atom. The molecule has 0 aliphatic heterocycles. The van der Waals surface area contributed by atoms with Crippen LogP contribution in [-0.4, -0.2) is 71.3 Å². The molecule has 0 unspecified atom stereocenters. The first kappa shape index (κ1) is 32.7. The Labute approximate surface area is 308 Å². The average Bonchev–Trinajstić information content (AvgIpc) is 3.94. The Morgan fingerprint density at radius 1 is 0.362 bits per heavy atom. The van der Waals surface area contributed by atoms with Crippen LogP contribution in [0.1, 0.15) is 0 Å². The Bertz CT molecular complexity index is 1730. The monoisotopic (exact) mass is 886 g/mol. The van der Waals surface area contributed by atoms with Gasteiger partial charge in [-0.3, -0.25) is 0 Å². The summed E-state index contributed by atoms with van der Waals surface area (Å²) in [7, 11) is 0. The zero-order chi connectivity index (χ0) is 31.4. The van der Waals surface area contributed by atoms with E-state index in [0.29, 0.717) is 0 Å². The fourth-order valence-electron chi connectivity index (χ4n) is 6.05. The Hall–Kier alpha value is -4.19. The molecule has 0 N–H and O–H groups in total. The van der Waals surface area contributed by atoms with Gasteiger partial charge in [0.15, 0.2) is 0 Å². The van der Waals surface area contributed by atoms with Crippen molar-refractivity contribution in [3.8, 4) is 0 Å². The molecule has 47 heavy (non-hydrogen) atoms. The molecule has 0 aliphatic carbocycles. The van der Waals surface area contributed by atoms with E-state index in [9.17, 15) is 0 Å². The van der Waals surface area contributed by atoms with Crippen molar-refractivity contribution in [3.63, 3.8) is 0 Å². The fraction of sp³-hybridized carbons (Fsp3) is 0. The van der Waals surface area contributed by atoms with Crippen LogP contribution in [0.4, 0.5) is 0 Å². The van der Waals surface area contributed by atoms with Gasteiger partial charge < -0.3 is 27.6 Å². The molecule has 17 heteroatoms. The van der Waals surface area contributed by atoms with Gasteiger partial charge in [0.1, 0.15) is 0 Å². The van der Waals surface area contributed by atoms with Crippen molar-refractivity contribution in [2.45, 2.75) is 0 Å². The Morgan fingerprint density at radius 3 is 0.745 bits per heavy atom. The second-order valence-corrected chi connectivity index (χ2v) is 13.0. The minimum absolute atomic E-state index is 0. The summed E-state index contributed by atoms with van der Waals surface area (Å²) in [5.74, 6) is 0. The van der Waals surface area contributed by atoms with Crippen LogP contribution in [0.3, 0.4) is 0 Å². The molecule has 2 aromatic carbocycles. The molecule has 0 spiro atoms. The van der Waals surface area contributed by atoms with E-state index in [4.69, 9.17) is 0 Å². The molecule has 0 fully saturated rings. The maximum atomic E-state index is 4.52. The van der Waals surface area contributed by atoms with Crippen LogP contribution < -0.4 is 10.9 Å². The standard InChI is InChI=1S/2C15H13BIN6.Fe/c2*17-15-6-4-14(5-7-15)16(21-11-1-8-18-21,22-12-2-9-19-22)23-13-3-10-20-23;/h2*1-13H;/q2*-1;+2. The third-order valence-corrected chi connectivity index (χ3v) is 9.44. The summed E-state index contributed by atoms with van der Waals surface area (Å²) < 4.78 is 13.9. The second-order valence-electron chi connectivity index (χ2n) is 10.5. The quantitative estimate of drug-likeness (QED) is 0.171. The van der Waals surface area contributed by atoms with Crippen LogP contribution in [0, 0.1) is 7.14 Å². The zero-order valence-corrected chi connectivity index (χ0v) is 30.1. The summed E-state index contributed by atoms with van der Waals surface area (Å²) in [4.78, 5) is 0. The van der Waals surface area contributed by atoms with Gasteiger partial charge in [0, 0.05) is 44.3 Å². The number of rotatable bonds is 8. The molecule has 12 nitrogen and oxygen atoms in total. The van der Waals surface area contributed by atoms with Gasteiger partial charge in [-0.05, 0) is 119 Å². The molecule has 6 aromatic heterocycles. The molecule has 0 saturated carbocycles. The van der Waals surface area contributed by atoms with Gasteiger partial charge in [0.05, 0.1) is 0 Å². The van der Waals surface area contributed by atoms with Crippen molar-refractivity contribution in [1.82, 2.24) is 58.1 Å². The molecule has 8 rings (SSSR count). The molecule has 0 aliphatic rings. The molecule has 0 atom stereocenters. The van der Waals surface area contributed by atoms with Gasteiger partial charge >= 0.3 is 30.2 Å². The van der Waals surface area contributed by atoms with E-state index in [2.05, 4.69) is 124 Å². The first-order valence-electron chi connectivity index (χ1n) is 14.4. The van der Waals surface area contributed by atoms with E-state index in [1.54, 1.807) is 37.2 Å². The van der Waals surface area contributed by atoms with Gasteiger partial charge in [-0.25, -0.2) is 30.6 Å². The molecule has 0 bridgehead atoms. The number of halogens is 2. The van der Waals surface area contributed by atoms with Crippen LogP contribution in [0.2, 0.25) is 0 Å². The first-order chi connectivity index (χ1) is 22.6. The van der Waals surface area contributed by atoms with Gasteiger partial charge in [-0.1, -0.05) is 48.5 Å². The zero-order valence-electron chi connectivity index (χ0n) is 24.6. The topological polar surface area (TPSA) is 107 Å².